The SMILES string of the molecule is COc1ccc(NC(=O)c2cnc(Cl)nc2)cc1. The number of anilines is 1. The zero-order chi connectivity index (χ0) is 13.0. The van der Waals surface area contributed by atoms with Crippen molar-refractivity contribution < 1.29 is 9.53 Å². The first-order valence-corrected chi connectivity index (χ1v) is 5.50. The van der Waals surface area contributed by atoms with E-state index in [4.69, 9.17) is 16.3 Å². The Bertz CT molecular complexity index is 540. The van der Waals surface area contributed by atoms with E-state index in [1.54, 1.807) is 31.4 Å². The van der Waals surface area contributed by atoms with Crippen molar-refractivity contribution in [3.8, 4) is 5.75 Å². The van der Waals surface area contributed by atoms with Crippen molar-refractivity contribution in [3.05, 3.63) is 47.5 Å². The fraction of sp³-hybridized carbons (Fsp3) is 0.0833. The third-order valence-corrected chi connectivity index (χ3v) is 2.43. The van der Waals surface area contributed by atoms with Crippen LogP contribution in [0.25, 0.3) is 0 Å². The molecule has 0 fully saturated rings. The van der Waals surface area contributed by atoms with Crippen LogP contribution in [0.4, 0.5) is 5.69 Å². The van der Waals surface area contributed by atoms with E-state index in [1.165, 1.54) is 12.4 Å². The Morgan fingerprint density at radius 1 is 1.22 bits per heavy atom. The third-order valence-electron chi connectivity index (χ3n) is 2.23. The highest BCUT2D eigenvalue weighted by molar-refractivity contribution is 6.28. The Balaban J connectivity index is 2.08. The second-order valence-electron chi connectivity index (χ2n) is 3.42. The molecule has 18 heavy (non-hydrogen) atoms. The molecule has 1 N–H and O–H groups in total. The van der Waals surface area contributed by atoms with Gasteiger partial charge in [-0.2, -0.15) is 0 Å². The van der Waals surface area contributed by atoms with Crippen molar-refractivity contribution in [2.24, 2.45) is 0 Å². The predicted molar refractivity (Wildman–Crippen MR) is 68.0 cm³/mol. The molecule has 5 nitrogen and oxygen atoms in total. The average Bonchev–Trinajstić information content (AvgIpc) is 2.40. The van der Waals surface area contributed by atoms with E-state index in [9.17, 15) is 4.79 Å². The molecule has 0 spiro atoms. The van der Waals surface area contributed by atoms with Gasteiger partial charge in [0.2, 0.25) is 5.28 Å². The van der Waals surface area contributed by atoms with Gasteiger partial charge in [0.05, 0.1) is 12.7 Å². The van der Waals surface area contributed by atoms with Gasteiger partial charge in [0.1, 0.15) is 5.75 Å². The van der Waals surface area contributed by atoms with Gasteiger partial charge >= 0.3 is 0 Å². The standard InChI is InChI=1S/C12H10ClN3O2/c1-18-10-4-2-9(3-5-10)16-11(17)8-6-14-12(13)15-7-8/h2-7H,1H3,(H,16,17). The van der Waals surface area contributed by atoms with Gasteiger partial charge in [-0.3, -0.25) is 4.79 Å². The second-order valence-corrected chi connectivity index (χ2v) is 3.76. The number of amides is 1. The number of rotatable bonds is 3. The number of hydrogen-bond donors (Lipinski definition) is 1. The lowest BCUT2D eigenvalue weighted by Crippen LogP contribution is -2.12. The van der Waals surface area contributed by atoms with Crippen molar-refractivity contribution in [1.82, 2.24) is 9.97 Å². The molecule has 0 radical (unpaired) electrons. The van der Waals surface area contributed by atoms with E-state index in [-0.39, 0.29) is 11.2 Å². The molecule has 1 aromatic carbocycles. The highest BCUT2D eigenvalue weighted by atomic mass is 35.5. The number of aromatic nitrogens is 2. The molecule has 0 aliphatic heterocycles. The molecular formula is C12H10ClN3O2. The van der Waals surface area contributed by atoms with E-state index >= 15 is 0 Å². The maximum absolute atomic E-state index is 11.8. The summed E-state index contributed by atoms with van der Waals surface area (Å²) in [6.07, 6.45) is 2.74. The average molecular weight is 264 g/mol. The number of benzene rings is 1. The molecule has 1 amide bonds. The number of halogens is 1. The first-order chi connectivity index (χ1) is 8.69. The van der Waals surface area contributed by atoms with Crippen LogP contribution in [0.3, 0.4) is 0 Å². The molecular weight excluding hydrogens is 254 g/mol. The second kappa shape index (κ2) is 5.46. The lowest BCUT2D eigenvalue weighted by atomic mass is 10.2. The van der Waals surface area contributed by atoms with Crippen LogP contribution >= 0.6 is 11.6 Å². The summed E-state index contributed by atoms with van der Waals surface area (Å²) in [5.41, 5.74) is 1.01. The summed E-state index contributed by atoms with van der Waals surface area (Å²) in [6, 6.07) is 7.00. The molecule has 0 aliphatic rings. The van der Waals surface area contributed by atoms with Crippen LogP contribution in [0.1, 0.15) is 10.4 Å². The molecule has 2 aromatic rings. The Morgan fingerprint density at radius 3 is 2.39 bits per heavy atom. The fourth-order valence-corrected chi connectivity index (χ4v) is 1.40. The van der Waals surface area contributed by atoms with E-state index < -0.39 is 0 Å². The van der Waals surface area contributed by atoms with Crippen LogP contribution in [0, 0.1) is 0 Å². The first-order valence-electron chi connectivity index (χ1n) is 5.12. The van der Waals surface area contributed by atoms with Gasteiger partial charge in [0.25, 0.3) is 5.91 Å². The van der Waals surface area contributed by atoms with Crippen LogP contribution in [0.2, 0.25) is 5.28 Å². The number of nitrogens with zero attached hydrogens (tertiary/aromatic N) is 2. The molecule has 0 bridgehead atoms. The van der Waals surface area contributed by atoms with Gasteiger partial charge in [-0.25, -0.2) is 9.97 Å². The fourth-order valence-electron chi connectivity index (χ4n) is 1.31. The van der Waals surface area contributed by atoms with Crippen molar-refractivity contribution >= 4 is 23.2 Å². The largest absolute Gasteiger partial charge is 0.497 e. The zero-order valence-electron chi connectivity index (χ0n) is 9.55. The summed E-state index contributed by atoms with van der Waals surface area (Å²) in [4.78, 5) is 19.3. The number of methoxy groups -OCH3 is 1. The minimum atomic E-state index is -0.295. The number of hydrogen-bond acceptors (Lipinski definition) is 4. The normalized spacial score (nSPS) is 9.89. The van der Waals surface area contributed by atoms with Crippen LogP contribution in [0.5, 0.6) is 5.75 Å². The van der Waals surface area contributed by atoms with Crippen LogP contribution in [-0.4, -0.2) is 23.0 Å². The summed E-state index contributed by atoms with van der Waals surface area (Å²) in [5.74, 6) is 0.430. The summed E-state index contributed by atoms with van der Waals surface area (Å²) in [6.45, 7) is 0. The number of ether oxygens (including phenoxy) is 1. The van der Waals surface area contributed by atoms with Gasteiger partial charge in [-0.05, 0) is 35.9 Å². The maximum Gasteiger partial charge on any atom is 0.258 e. The minimum absolute atomic E-state index is 0.107. The highest BCUT2D eigenvalue weighted by Crippen LogP contribution is 2.15. The van der Waals surface area contributed by atoms with Gasteiger partial charge in [0.15, 0.2) is 0 Å². The van der Waals surface area contributed by atoms with E-state index in [2.05, 4.69) is 15.3 Å². The molecule has 1 aromatic heterocycles. The molecule has 6 heteroatoms. The highest BCUT2D eigenvalue weighted by Gasteiger charge is 2.07. The zero-order valence-corrected chi connectivity index (χ0v) is 10.3. The molecule has 0 atom stereocenters. The lowest BCUT2D eigenvalue weighted by molar-refractivity contribution is 0.102. The number of carbonyl (C=O) groups is 1. The summed E-state index contributed by atoms with van der Waals surface area (Å²) < 4.78 is 5.02. The number of carbonyl (C=O) groups excluding carboxylic acids is 1. The molecule has 0 aliphatic carbocycles. The summed E-state index contributed by atoms with van der Waals surface area (Å²) in [7, 11) is 1.58. The quantitative estimate of drug-likeness (QED) is 0.864. The molecule has 2 rings (SSSR count). The van der Waals surface area contributed by atoms with Crippen molar-refractivity contribution in [2.45, 2.75) is 0 Å². The van der Waals surface area contributed by atoms with Gasteiger partial charge in [-0.1, -0.05) is 0 Å². The first kappa shape index (κ1) is 12.3. The summed E-state index contributed by atoms with van der Waals surface area (Å²) >= 11 is 5.54. The maximum atomic E-state index is 11.8. The molecule has 0 saturated carbocycles. The minimum Gasteiger partial charge on any atom is -0.497 e. The van der Waals surface area contributed by atoms with E-state index in [1.807, 2.05) is 0 Å². The number of nitrogens with one attached hydrogen (secondary N) is 1. The van der Waals surface area contributed by atoms with E-state index in [0.29, 0.717) is 11.3 Å². The topological polar surface area (TPSA) is 64.1 Å². The molecule has 1 heterocycles. The summed E-state index contributed by atoms with van der Waals surface area (Å²) in [5, 5.41) is 2.82. The Kier molecular flexibility index (Phi) is 3.74. The van der Waals surface area contributed by atoms with Crippen LogP contribution in [-0.2, 0) is 0 Å². The smallest absolute Gasteiger partial charge is 0.258 e. The molecule has 0 unspecified atom stereocenters. The molecule has 0 saturated heterocycles. The monoisotopic (exact) mass is 263 g/mol. The van der Waals surface area contributed by atoms with Gasteiger partial charge in [-0.15, -0.1) is 0 Å². The van der Waals surface area contributed by atoms with Crippen LogP contribution in [0.15, 0.2) is 36.7 Å². The predicted octanol–water partition coefficient (Wildman–Crippen LogP) is 2.39. The lowest BCUT2D eigenvalue weighted by Gasteiger charge is -2.05. The van der Waals surface area contributed by atoms with E-state index in [0.717, 1.165) is 5.75 Å². The van der Waals surface area contributed by atoms with Crippen molar-refractivity contribution in [2.75, 3.05) is 12.4 Å². The Labute approximate surface area is 109 Å². The van der Waals surface area contributed by atoms with Gasteiger partial charge in [0, 0.05) is 18.1 Å². The molecule has 92 valence electrons. The van der Waals surface area contributed by atoms with Gasteiger partial charge < -0.3 is 10.1 Å². The van der Waals surface area contributed by atoms with Crippen LogP contribution < -0.4 is 10.1 Å². The van der Waals surface area contributed by atoms with Crippen molar-refractivity contribution in [1.29, 1.82) is 0 Å². The third kappa shape index (κ3) is 2.95. The van der Waals surface area contributed by atoms with Crippen molar-refractivity contribution in [3.63, 3.8) is 0 Å². The Hall–Kier alpha value is -2.14. The Morgan fingerprint density at radius 2 is 1.83 bits per heavy atom.